The largest absolute Gasteiger partial charge is 0.496 e. The van der Waals surface area contributed by atoms with E-state index in [2.05, 4.69) is 21.2 Å². The zero-order valence-electron chi connectivity index (χ0n) is 9.37. The number of nitrogens with one attached hydrogen (secondary N) is 1. The third-order valence-electron chi connectivity index (χ3n) is 2.27. The van der Waals surface area contributed by atoms with E-state index in [9.17, 15) is 4.79 Å². The zero-order valence-corrected chi connectivity index (χ0v) is 11.7. The SMILES string of the molecule is COc1ccc(NC(=O)c2ccoc2Cl)cc1Br. The first kappa shape index (κ1) is 13.0. The number of hydrogen-bond acceptors (Lipinski definition) is 3. The van der Waals surface area contributed by atoms with Crippen molar-refractivity contribution in [3.05, 3.63) is 45.8 Å². The first-order valence-corrected chi connectivity index (χ1v) is 6.17. The van der Waals surface area contributed by atoms with Gasteiger partial charge in [0.1, 0.15) is 5.75 Å². The van der Waals surface area contributed by atoms with Gasteiger partial charge in [-0.05, 0) is 51.8 Å². The van der Waals surface area contributed by atoms with Gasteiger partial charge in [0, 0.05) is 5.69 Å². The van der Waals surface area contributed by atoms with Crippen molar-refractivity contribution in [2.45, 2.75) is 0 Å². The minimum atomic E-state index is -0.328. The van der Waals surface area contributed by atoms with Crippen LogP contribution in [-0.4, -0.2) is 13.0 Å². The number of ether oxygens (including phenoxy) is 1. The molecule has 0 aliphatic heterocycles. The highest BCUT2D eigenvalue weighted by Crippen LogP contribution is 2.28. The number of rotatable bonds is 3. The van der Waals surface area contributed by atoms with E-state index < -0.39 is 0 Å². The summed E-state index contributed by atoms with van der Waals surface area (Å²) in [5.41, 5.74) is 0.925. The average Bonchev–Trinajstić information content (AvgIpc) is 2.76. The highest BCUT2D eigenvalue weighted by Gasteiger charge is 2.13. The molecule has 0 aliphatic carbocycles. The number of carbonyl (C=O) groups is 1. The number of anilines is 1. The molecule has 2 rings (SSSR count). The van der Waals surface area contributed by atoms with Gasteiger partial charge in [0.2, 0.25) is 5.22 Å². The van der Waals surface area contributed by atoms with Crippen LogP contribution in [0.15, 0.2) is 39.4 Å². The Bertz CT molecular complexity index is 582. The molecule has 18 heavy (non-hydrogen) atoms. The predicted octanol–water partition coefficient (Wildman–Crippen LogP) is 3.96. The first-order chi connectivity index (χ1) is 8.61. The molecular formula is C12H9BrClNO3. The van der Waals surface area contributed by atoms with Gasteiger partial charge in [-0.2, -0.15) is 0 Å². The molecule has 0 unspecified atom stereocenters. The number of hydrogen-bond donors (Lipinski definition) is 1. The van der Waals surface area contributed by atoms with Crippen LogP contribution in [0.5, 0.6) is 5.75 Å². The number of amides is 1. The molecule has 1 aromatic carbocycles. The Labute approximate surface area is 117 Å². The molecule has 0 aliphatic rings. The summed E-state index contributed by atoms with van der Waals surface area (Å²) in [5, 5.41) is 2.78. The van der Waals surface area contributed by atoms with Crippen molar-refractivity contribution in [1.82, 2.24) is 0 Å². The van der Waals surface area contributed by atoms with Crippen molar-refractivity contribution in [3.63, 3.8) is 0 Å². The van der Waals surface area contributed by atoms with Gasteiger partial charge >= 0.3 is 0 Å². The van der Waals surface area contributed by atoms with E-state index in [1.54, 1.807) is 25.3 Å². The van der Waals surface area contributed by atoms with Gasteiger partial charge < -0.3 is 14.5 Å². The molecule has 1 aromatic heterocycles. The maximum Gasteiger partial charge on any atom is 0.260 e. The van der Waals surface area contributed by atoms with E-state index in [4.69, 9.17) is 20.8 Å². The summed E-state index contributed by atoms with van der Waals surface area (Å²) in [7, 11) is 1.57. The summed E-state index contributed by atoms with van der Waals surface area (Å²) < 4.78 is 10.7. The molecule has 0 radical (unpaired) electrons. The summed E-state index contributed by atoms with van der Waals surface area (Å²) >= 11 is 9.06. The quantitative estimate of drug-likeness (QED) is 0.927. The maximum absolute atomic E-state index is 11.9. The number of carbonyl (C=O) groups excluding carboxylic acids is 1. The van der Waals surface area contributed by atoms with Gasteiger partial charge in [0.25, 0.3) is 5.91 Å². The fraction of sp³-hybridized carbons (Fsp3) is 0.0833. The predicted molar refractivity (Wildman–Crippen MR) is 72.4 cm³/mol. The van der Waals surface area contributed by atoms with E-state index in [1.165, 1.54) is 12.3 Å². The Hall–Kier alpha value is -1.46. The highest BCUT2D eigenvalue weighted by molar-refractivity contribution is 9.10. The Kier molecular flexibility index (Phi) is 3.93. The minimum absolute atomic E-state index is 0.0695. The first-order valence-electron chi connectivity index (χ1n) is 4.99. The van der Waals surface area contributed by atoms with Crippen molar-refractivity contribution >= 4 is 39.1 Å². The molecule has 1 amide bonds. The highest BCUT2D eigenvalue weighted by atomic mass is 79.9. The van der Waals surface area contributed by atoms with Gasteiger partial charge in [-0.15, -0.1) is 0 Å². The lowest BCUT2D eigenvalue weighted by molar-refractivity contribution is 0.102. The van der Waals surface area contributed by atoms with Gasteiger partial charge in [-0.25, -0.2) is 0 Å². The van der Waals surface area contributed by atoms with Crippen LogP contribution in [0.4, 0.5) is 5.69 Å². The van der Waals surface area contributed by atoms with Crippen LogP contribution < -0.4 is 10.1 Å². The topological polar surface area (TPSA) is 51.5 Å². The molecule has 0 bridgehead atoms. The van der Waals surface area contributed by atoms with Crippen LogP contribution in [0, 0.1) is 0 Å². The van der Waals surface area contributed by atoms with Crippen molar-refractivity contribution in [2.75, 3.05) is 12.4 Å². The maximum atomic E-state index is 11.9. The second-order valence-electron chi connectivity index (χ2n) is 3.41. The minimum Gasteiger partial charge on any atom is -0.496 e. The second-order valence-corrected chi connectivity index (χ2v) is 4.61. The zero-order chi connectivity index (χ0) is 13.1. The number of methoxy groups -OCH3 is 1. The fourth-order valence-corrected chi connectivity index (χ4v) is 2.14. The molecule has 0 fully saturated rings. The normalized spacial score (nSPS) is 10.2. The van der Waals surface area contributed by atoms with Crippen LogP contribution in [0.3, 0.4) is 0 Å². The second kappa shape index (κ2) is 5.46. The molecule has 4 nitrogen and oxygen atoms in total. The number of benzene rings is 1. The Balaban J connectivity index is 2.17. The molecule has 94 valence electrons. The molecular weight excluding hydrogens is 321 g/mol. The van der Waals surface area contributed by atoms with Crippen molar-refractivity contribution in [1.29, 1.82) is 0 Å². The summed E-state index contributed by atoms with van der Waals surface area (Å²) in [4.78, 5) is 11.9. The number of halogens is 2. The summed E-state index contributed by atoms with van der Waals surface area (Å²) in [6.07, 6.45) is 1.36. The molecule has 0 spiro atoms. The third-order valence-corrected chi connectivity index (χ3v) is 3.18. The van der Waals surface area contributed by atoms with Gasteiger partial charge in [-0.1, -0.05) is 0 Å². The molecule has 1 heterocycles. The smallest absolute Gasteiger partial charge is 0.260 e. The average molecular weight is 331 g/mol. The van der Waals surface area contributed by atoms with Crippen LogP contribution >= 0.6 is 27.5 Å². The van der Waals surface area contributed by atoms with Crippen LogP contribution in [0.25, 0.3) is 0 Å². The molecule has 2 aromatic rings. The molecule has 0 saturated heterocycles. The summed E-state index contributed by atoms with van der Waals surface area (Å²) in [6.45, 7) is 0. The monoisotopic (exact) mass is 329 g/mol. The van der Waals surface area contributed by atoms with Crippen molar-refractivity contribution in [3.8, 4) is 5.75 Å². The Morgan fingerprint density at radius 2 is 2.22 bits per heavy atom. The van der Waals surface area contributed by atoms with Gasteiger partial charge in [0.05, 0.1) is 23.4 Å². The van der Waals surface area contributed by atoms with E-state index in [0.717, 1.165) is 4.47 Å². The lowest BCUT2D eigenvalue weighted by Gasteiger charge is -2.07. The summed E-state index contributed by atoms with van der Waals surface area (Å²) in [5.74, 6) is 0.361. The fourth-order valence-electron chi connectivity index (χ4n) is 1.40. The van der Waals surface area contributed by atoms with E-state index in [1.807, 2.05) is 0 Å². The lowest BCUT2D eigenvalue weighted by atomic mass is 10.2. The van der Waals surface area contributed by atoms with Crippen molar-refractivity contribution < 1.29 is 13.9 Å². The van der Waals surface area contributed by atoms with Gasteiger partial charge in [-0.3, -0.25) is 4.79 Å². The molecule has 1 N–H and O–H groups in total. The number of furan rings is 1. The van der Waals surface area contributed by atoms with Crippen molar-refractivity contribution in [2.24, 2.45) is 0 Å². The third kappa shape index (κ3) is 2.68. The van der Waals surface area contributed by atoms with Crippen LogP contribution in [0.2, 0.25) is 5.22 Å². The van der Waals surface area contributed by atoms with E-state index >= 15 is 0 Å². The van der Waals surface area contributed by atoms with Crippen LogP contribution in [-0.2, 0) is 0 Å². The Morgan fingerprint density at radius 1 is 1.44 bits per heavy atom. The summed E-state index contributed by atoms with van der Waals surface area (Å²) in [6, 6.07) is 6.73. The molecule has 0 atom stereocenters. The van der Waals surface area contributed by atoms with Gasteiger partial charge in [0.15, 0.2) is 0 Å². The standard InChI is InChI=1S/C12H9BrClNO3/c1-17-10-3-2-7(6-9(10)13)15-12(16)8-4-5-18-11(8)14/h2-6H,1H3,(H,15,16). The molecule has 6 heteroatoms. The molecule has 0 saturated carbocycles. The van der Waals surface area contributed by atoms with E-state index in [-0.39, 0.29) is 11.1 Å². The van der Waals surface area contributed by atoms with Crippen LogP contribution in [0.1, 0.15) is 10.4 Å². The van der Waals surface area contributed by atoms with E-state index in [0.29, 0.717) is 17.0 Å². The lowest BCUT2D eigenvalue weighted by Crippen LogP contribution is -2.11. The Morgan fingerprint density at radius 3 is 2.78 bits per heavy atom.